The zero-order valence-electron chi connectivity index (χ0n) is 12.9. The van der Waals surface area contributed by atoms with Gasteiger partial charge in [0.25, 0.3) is 0 Å². The van der Waals surface area contributed by atoms with E-state index >= 15 is 0 Å². The number of imidazole rings is 1. The second-order valence-electron chi connectivity index (χ2n) is 5.33. The molecular formula is C19H15N5. The van der Waals surface area contributed by atoms with Gasteiger partial charge in [0.2, 0.25) is 0 Å². The van der Waals surface area contributed by atoms with E-state index in [-0.39, 0.29) is 11.6 Å². The number of allylic oxidation sites excluding steroid dienone is 1. The number of hydrogen-bond donors (Lipinski definition) is 2. The molecule has 3 rings (SSSR count). The molecule has 0 aliphatic carbocycles. The highest BCUT2D eigenvalue weighted by Gasteiger charge is 2.15. The van der Waals surface area contributed by atoms with E-state index in [4.69, 9.17) is 10.5 Å². The summed E-state index contributed by atoms with van der Waals surface area (Å²) >= 11 is 0. The van der Waals surface area contributed by atoms with Crippen LogP contribution in [-0.4, -0.2) is 9.97 Å². The number of nitrogens with one attached hydrogen (secondary N) is 2. The van der Waals surface area contributed by atoms with Crippen LogP contribution in [0.1, 0.15) is 17.4 Å². The molecule has 0 saturated heterocycles. The Bertz CT molecular complexity index is 892. The molecule has 0 radical (unpaired) electrons. The van der Waals surface area contributed by atoms with Gasteiger partial charge in [0.1, 0.15) is 23.5 Å². The van der Waals surface area contributed by atoms with Crippen molar-refractivity contribution >= 4 is 11.0 Å². The zero-order chi connectivity index (χ0) is 16.8. The van der Waals surface area contributed by atoms with Crippen molar-refractivity contribution in [2.75, 3.05) is 0 Å². The maximum absolute atomic E-state index is 8.91. The number of rotatable bonds is 5. The average molecular weight is 313 g/mol. The van der Waals surface area contributed by atoms with Crippen molar-refractivity contribution in [3.8, 4) is 12.1 Å². The summed E-state index contributed by atoms with van der Waals surface area (Å²) in [6, 6.07) is 21.4. The van der Waals surface area contributed by atoms with Crippen molar-refractivity contribution in [1.82, 2.24) is 15.3 Å². The summed E-state index contributed by atoms with van der Waals surface area (Å²) in [5.41, 5.74) is 3.01. The minimum absolute atomic E-state index is 0.0316. The van der Waals surface area contributed by atoms with Gasteiger partial charge in [-0.05, 0) is 24.1 Å². The molecule has 2 aromatic carbocycles. The highest BCUT2D eigenvalue weighted by molar-refractivity contribution is 5.74. The molecule has 2 N–H and O–H groups in total. The van der Waals surface area contributed by atoms with Crippen LogP contribution in [0.4, 0.5) is 0 Å². The van der Waals surface area contributed by atoms with Crippen LogP contribution >= 0.6 is 0 Å². The average Bonchev–Trinajstić information content (AvgIpc) is 3.06. The van der Waals surface area contributed by atoms with Crippen LogP contribution < -0.4 is 5.32 Å². The molecule has 0 aliphatic rings. The number of aromatic amines is 1. The molecule has 0 bridgehead atoms. The fraction of sp³-hybridized carbons (Fsp3) is 0.105. The number of H-pyrrole nitrogens is 1. The first-order valence-corrected chi connectivity index (χ1v) is 7.55. The SMILES string of the molecule is N#CC(C#N)=CN[C@@H](Cc1ccccc1)c1nc2ccccc2[nH]1. The van der Waals surface area contributed by atoms with Gasteiger partial charge < -0.3 is 10.3 Å². The van der Waals surface area contributed by atoms with Crippen molar-refractivity contribution < 1.29 is 0 Å². The molecule has 1 heterocycles. The van der Waals surface area contributed by atoms with E-state index in [1.807, 2.05) is 66.7 Å². The van der Waals surface area contributed by atoms with E-state index in [1.54, 1.807) is 0 Å². The van der Waals surface area contributed by atoms with Crippen LogP contribution in [-0.2, 0) is 6.42 Å². The zero-order valence-corrected chi connectivity index (χ0v) is 12.9. The number of nitriles is 2. The fourth-order valence-corrected chi connectivity index (χ4v) is 2.50. The van der Waals surface area contributed by atoms with Crippen LogP contribution in [0.2, 0.25) is 0 Å². The highest BCUT2D eigenvalue weighted by Crippen LogP contribution is 2.20. The Morgan fingerprint density at radius 3 is 2.50 bits per heavy atom. The lowest BCUT2D eigenvalue weighted by molar-refractivity contribution is 0.588. The molecule has 3 aromatic rings. The summed E-state index contributed by atoms with van der Waals surface area (Å²) in [6.45, 7) is 0. The van der Waals surface area contributed by atoms with Crippen LogP contribution in [0.5, 0.6) is 0 Å². The first-order chi connectivity index (χ1) is 11.8. The van der Waals surface area contributed by atoms with Gasteiger partial charge in [0, 0.05) is 6.20 Å². The Morgan fingerprint density at radius 2 is 1.79 bits per heavy atom. The minimum Gasteiger partial charge on any atom is -0.379 e. The Balaban J connectivity index is 1.93. The molecule has 0 fully saturated rings. The molecule has 0 spiro atoms. The number of nitrogens with zero attached hydrogens (tertiary/aromatic N) is 3. The van der Waals surface area contributed by atoms with Crippen LogP contribution in [0.15, 0.2) is 66.4 Å². The van der Waals surface area contributed by atoms with Gasteiger partial charge in [-0.25, -0.2) is 4.98 Å². The molecule has 1 atom stereocenters. The normalized spacial score (nSPS) is 11.2. The standard InChI is InChI=1S/C19H15N5/c20-11-15(12-21)13-22-18(10-14-6-2-1-3-7-14)19-23-16-8-4-5-9-17(16)24-19/h1-9,13,18,22H,10H2,(H,23,24)/t18-/m0/s1. The van der Waals surface area contributed by atoms with E-state index in [0.29, 0.717) is 6.42 Å². The van der Waals surface area contributed by atoms with E-state index in [0.717, 1.165) is 22.4 Å². The largest absolute Gasteiger partial charge is 0.379 e. The molecule has 0 amide bonds. The minimum atomic E-state index is -0.170. The lowest BCUT2D eigenvalue weighted by Gasteiger charge is -2.15. The predicted octanol–water partition coefficient (Wildman–Crippen LogP) is 3.37. The Labute approximate surface area is 139 Å². The molecule has 5 nitrogen and oxygen atoms in total. The Morgan fingerprint density at radius 1 is 1.08 bits per heavy atom. The van der Waals surface area contributed by atoms with Crippen molar-refractivity contribution in [2.24, 2.45) is 0 Å². The van der Waals surface area contributed by atoms with E-state index in [2.05, 4.69) is 15.3 Å². The second-order valence-corrected chi connectivity index (χ2v) is 5.33. The summed E-state index contributed by atoms with van der Waals surface area (Å²) in [4.78, 5) is 7.93. The quantitative estimate of drug-likeness (QED) is 0.707. The first kappa shape index (κ1) is 15.3. The molecule has 0 unspecified atom stereocenters. The lowest BCUT2D eigenvalue weighted by atomic mass is 10.1. The van der Waals surface area contributed by atoms with Crippen molar-refractivity contribution in [2.45, 2.75) is 12.5 Å². The molecular weight excluding hydrogens is 298 g/mol. The van der Waals surface area contributed by atoms with E-state index in [1.165, 1.54) is 6.20 Å². The molecule has 24 heavy (non-hydrogen) atoms. The van der Waals surface area contributed by atoms with E-state index < -0.39 is 0 Å². The van der Waals surface area contributed by atoms with E-state index in [9.17, 15) is 0 Å². The summed E-state index contributed by atoms with van der Waals surface area (Å²) in [5, 5.41) is 21.0. The third-order valence-corrected chi connectivity index (χ3v) is 3.69. The number of hydrogen-bond acceptors (Lipinski definition) is 4. The molecule has 5 heteroatoms. The number of para-hydroxylation sites is 2. The molecule has 0 aliphatic heterocycles. The smallest absolute Gasteiger partial charge is 0.145 e. The fourth-order valence-electron chi connectivity index (χ4n) is 2.50. The van der Waals surface area contributed by atoms with Crippen LogP contribution in [0.25, 0.3) is 11.0 Å². The summed E-state index contributed by atoms with van der Waals surface area (Å²) in [7, 11) is 0. The van der Waals surface area contributed by atoms with Crippen molar-refractivity contribution in [3.05, 3.63) is 77.8 Å². The van der Waals surface area contributed by atoms with Gasteiger partial charge in [0.05, 0.1) is 17.1 Å². The van der Waals surface area contributed by atoms with Crippen molar-refractivity contribution in [3.63, 3.8) is 0 Å². The maximum Gasteiger partial charge on any atom is 0.145 e. The highest BCUT2D eigenvalue weighted by atomic mass is 15.0. The summed E-state index contributed by atoms with van der Waals surface area (Å²) in [5.74, 6) is 0.770. The second kappa shape index (κ2) is 7.13. The molecule has 0 saturated carbocycles. The summed E-state index contributed by atoms with van der Waals surface area (Å²) in [6.07, 6.45) is 2.13. The van der Waals surface area contributed by atoms with Gasteiger partial charge >= 0.3 is 0 Å². The summed E-state index contributed by atoms with van der Waals surface area (Å²) < 4.78 is 0. The van der Waals surface area contributed by atoms with Gasteiger partial charge in [-0.1, -0.05) is 42.5 Å². The molecule has 116 valence electrons. The predicted molar refractivity (Wildman–Crippen MR) is 91.4 cm³/mol. The van der Waals surface area contributed by atoms with Crippen LogP contribution in [0, 0.1) is 22.7 Å². The topological polar surface area (TPSA) is 88.3 Å². The monoisotopic (exact) mass is 313 g/mol. The Kier molecular flexibility index (Phi) is 4.55. The van der Waals surface area contributed by atoms with Gasteiger partial charge in [-0.15, -0.1) is 0 Å². The third-order valence-electron chi connectivity index (χ3n) is 3.69. The first-order valence-electron chi connectivity index (χ1n) is 7.55. The number of fused-ring (bicyclic) bond motifs is 1. The van der Waals surface area contributed by atoms with Gasteiger partial charge in [-0.2, -0.15) is 10.5 Å². The third kappa shape index (κ3) is 3.43. The Hall–Kier alpha value is -3.57. The van der Waals surface area contributed by atoms with Gasteiger partial charge in [0.15, 0.2) is 0 Å². The number of benzene rings is 2. The lowest BCUT2D eigenvalue weighted by Crippen LogP contribution is -2.20. The maximum atomic E-state index is 8.91. The molecule has 1 aromatic heterocycles. The van der Waals surface area contributed by atoms with Crippen molar-refractivity contribution in [1.29, 1.82) is 10.5 Å². The number of aromatic nitrogens is 2. The van der Waals surface area contributed by atoms with Crippen LogP contribution in [0.3, 0.4) is 0 Å². The van der Waals surface area contributed by atoms with Gasteiger partial charge in [-0.3, -0.25) is 0 Å².